The summed E-state index contributed by atoms with van der Waals surface area (Å²) in [6, 6.07) is 15.0. The van der Waals surface area contributed by atoms with E-state index in [9.17, 15) is 4.79 Å². The number of aromatic nitrogens is 2. The third-order valence-electron chi connectivity index (χ3n) is 4.75. The Hall–Kier alpha value is -2.61. The molecule has 0 aliphatic heterocycles. The maximum Gasteiger partial charge on any atom is 0.323 e. The molecule has 4 aromatic rings. The molecule has 0 aliphatic rings. The molecule has 0 amide bonds. The third-order valence-corrected chi connectivity index (χ3v) is 6.08. The fraction of sp³-hybridized carbons (Fsp3) is 0.174. The molecule has 0 saturated heterocycles. The molecule has 9 heteroatoms. The molecule has 0 fully saturated rings. The number of halogens is 3. The molecule has 166 valence electrons. The second kappa shape index (κ2) is 9.90. The average Bonchev–Trinajstić information content (AvgIpc) is 3.13. The van der Waals surface area contributed by atoms with Crippen molar-refractivity contribution in [3.8, 4) is 11.5 Å². The lowest BCUT2D eigenvalue weighted by Crippen LogP contribution is -2.04. The summed E-state index contributed by atoms with van der Waals surface area (Å²) < 4.78 is 12.6. The second-order valence-electron chi connectivity index (χ2n) is 7.07. The Balaban J connectivity index is 1.50. The van der Waals surface area contributed by atoms with Crippen LogP contribution in [0.3, 0.4) is 0 Å². The van der Waals surface area contributed by atoms with E-state index >= 15 is 0 Å². The van der Waals surface area contributed by atoms with Crippen molar-refractivity contribution in [3.63, 3.8) is 0 Å². The van der Waals surface area contributed by atoms with E-state index in [1.54, 1.807) is 12.1 Å². The highest BCUT2D eigenvalue weighted by Crippen LogP contribution is 2.38. The van der Waals surface area contributed by atoms with E-state index < -0.39 is 0 Å². The summed E-state index contributed by atoms with van der Waals surface area (Å²) in [7, 11) is 0. The molecule has 0 saturated carbocycles. The Morgan fingerprint density at radius 1 is 0.938 bits per heavy atom. The number of fused-ring (bicyclic) bond motifs is 1. The van der Waals surface area contributed by atoms with Gasteiger partial charge in [0.25, 0.3) is 0 Å². The van der Waals surface area contributed by atoms with Gasteiger partial charge in [-0.05, 0) is 76.4 Å². The zero-order valence-electron chi connectivity index (χ0n) is 17.1. The van der Waals surface area contributed by atoms with Crippen molar-refractivity contribution in [2.24, 2.45) is 0 Å². The zero-order chi connectivity index (χ0) is 22.7. The van der Waals surface area contributed by atoms with Crippen LogP contribution in [0.25, 0.3) is 11.0 Å². The van der Waals surface area contributed by atoms with Gasteiger partial charge in [-0.15, -0.1) is 0 Å². The number of H-pyrrole nitrogens is 2. The smallest absolute Gasteiger partial charge is 0.323 e. The van der Waals surface area contributed by atoms with Gasteiger partial charge < -0.3 is 24.8 Å². The van der Waals surface area contributed by atoms with E-state index in [1.165, 1.54) is 0 Å². The minimum Gasteiger partial charge on any atom is -0.490 e. The Bertz CT molecular complexity index is 1320. The van der Waals surface area contributed by atoms with Crippen LogP contribution >= 0.6 is 39.1 Å². The maximum atomic E-state index is 11.4. The van der Waals surface area contributed by atoms with Crippen molar-refractivity contribution < 1.29 is 9.47 Å². The lowest BCUT2D eigenvalue weighted by atomic mass is 10.2. The maximum absolute atomic E-state index is 11.4. The van der Waals surface area contributed by atoms with Gasteiger partial charge in [-0.2, -0.15) is 0 Å². The summed E-state index contributed by atoms with van der Waals surface area (Å²) in [6.07, 6.45) is 0. The van der Waals surface area contributed by atoms with E-state index in [1.807, 2.05) is 43.3 Å². The Kier molecular flexibility index (Phi) is 6.98. The highest BCUT2D eigenvalue weighted by molar-refractivity contribution is 9.10. The predicted molar refractivity (Wildman–Crippen MR) is 132 cm³/mol. The number of hydrogen-bond acceptors (Lipinski definition) is 4. The predicted octanol–water partition coefficient (Wildman–Crippen LogP) is 6.52. The molecule has 6 nitrogen and oxygen atoms in total. The van der Waals surface area contributed by atoms with E-state index in [-0.39, 0.29) is 5.69 Å². The quantitative estimate of drug-likeness (QED) is 0.239. The van der Waals surface area contributed by atoms with Crippen LogP contribution in [0.1, 0.15) is 18.1 Å². The number of anilines is 1. The molecule has 0 spiro atoms. The molecular weight excluding hydrogens is 517 g/mol. The van der Waals surface area contributed by atoms with Crippen LogP contribution in [-0.4, -0.2) is 16.6 Å². The number of aromatic amines is 2. The minimum absolute atomic E-state index is 0.223. The SMILES string of the molecule is CCOc1cc(CNc2ccc3[nH]c(=O)[nH]c3c2)cc(Br)c1OCc1ccc(Cl)c(Cl)c1. The summed E-state index contributed by atoms with van der Waals surface area (Å²) in [6.45, 7) is 3.31. The van der Waals surface area contributed by atoms with Crippen LogP contribution < -0.4 is 20.5 Å². The first-order valence-electron chi connectivity index (χ1n) is 9.91. The minimum atomic E-state index is -0.223. The third kappa shape index (κ3) is 5.23. The van der Waals surface area contributed by atoms with Gasteiger partial charge in [0.05, 0.1) is 32.2 Å². The molecule has 1 aromatic heterocycles. The van der Waals surface area contributed by atoms with Gasteiger partial charge in [-0.1, -0.05) is 29.3 Å². The summed E-state index contributed by atoms with van der Waals surface area (Å²) in [4.78, 5) is 16.9. The Labute approximate surface area is 203 Å². The molecule has 0 atom stereocenters. The van der Waals surface area contributed by atoms with E-state index in [4.69, 9.17) is 32.7 Å². The normalized spacial score (nSPS) is 11.0. The first kappa shape index (κ1) is 22.6. The first-order chi connectivity index (χ1) is 15.4. The fourth-order valence-corrected chi connectivity index (χ4v) is 4.18. The highest BCUT2D eigenvalue weighted by Gasteiger charge is 2.13. The average molecular weight is 537 g/mol. The van der Waals surface area contributed by atoms with Crippen molar-refractivity contribution in [1.29, 1.82) is 0 Å². The van der Waals surface area contributed by atoms with Crippen LogP contribution in [0.15, 0.2) is 57.8 Å². The molecule has 4 rings (SSSR count). The number of benzene rings is 3. The monoisotopic (exact) mass is 535 g/mol. The lowest BCUT2D eigenvalue weighted by molar-refractivity contribution is 0.267. The zero-order valence-corrected chi connectivity index (χ0v) is 20.2. The second-order valence-corrected chi connectivity index (χ2v) is 8.74. The molecule has 32 heavy (non-hydrogen) atoms. The molecule has 0 aliphatic carbocycles. The van der Waals surface area contributed by atoms with E-state index in [0.717, 1.165) is 32.3 Å². The van der Waals surface area contributed by atoms with Crippen molar-refractivity contribution in [3.05, 3.63) is 84.7 Å². The van der Waals surface area contributed by atoms with Gasteiger partial charge in [0.2, 0.25) is 0 Å². The largest absolute Gasteiger partial charge is 0.490 e. The number of hydrogen-bond donors (Lipinski definition) is 3. The van der Waals surface area contributed by atoms with Crippen molar-refractivity contribution in [1.82, 2.24) is 9.97 Å². The molecule has 0 bridgehead atoms. The molecule has 1 heterocycles. The fourth-order valence-electron chi connectivity index (χ4n) is 3.26. The van der Waals surface area contributed by atoms with Crippen molar-refractivity contribution in [2.45, 2.75) is 20.1 Å². The lowest BCUT2D eigenvalue weighted by Gasteiger charge is -2.16. The molecule has 3 aromatic carbocycles. The number of imidazole rings is 1. The van der Waals surface area contributed by atoms with E-state index in [0.29, 0.717) is 41.3 Å². The Morgan fingerprint density at radius 2 is 1.75 bits per heavy atom. The van der Waals surface area contributed by atoms with Crippen molar-refractivity contribution >= 4 is 55.9 Å². The molecule has 0 unspecified atom stereocenters. The van der Waals surface area contributed by atoms with Gasteiger partial charge >= 0.3 is 5.69 Å². The topological polar surface area (TPSA) is 79.1 Å². The Morgan fingerprint density at radius 3 is 2.53 bits per heavy atom. The summed E-state index contributed by atoms with van der Waals surface area (Å²) in [5.74, 6) is 1.26. The van der Waals surface area contributed by atoms with Crippen LogP contribution in [-0.2, 0) is 13.2 Å². The van der Waals surface area contributed by atoms with Gasteiger partial charge in [0.15, 0.2) is 11.5 Å². The van der Waals surface area contributed by atoms with Crippen molar-refractivity contribution in [2.75, 3.05) is 11.9 Å². The number of nitrogens with one attached hydrogen (secondary N) is 3. The molecular formula is C23H20BrCl2N3O3. The van der Waals surface area contributed by atoms with Gasteiger partial charge in [0, 0.05) is 12.2 Å². The van der Waals surface area contributed by atoms with Crippen LogP contribution in [0.5, 0.6) is 11.5 Å². The number of rotatable bonds is 8. The van der Waals surface area contributed by atoms with Gasteiger partial charge in [-0.3, -0.25) is 0 Å². The van der Waals surface area contributed by atoms with Crippen LogP contribution in [0, 0.1) is 0 Å². The highest BCUT2D eigenvalue weighted by atomic mass is 79.9. The number of ether oxygens (including phenoxy) is 2. The summed E-state index contributed by atoms with van der Waals surface area (Å²) in [5, 5.41) is 4.36. The van der Waals surface area contributed by atoms with Gasteiger partial charge in [0.1, 0.15) is 6.61 Å². The van der Waals surface area contributed by atoms with E-state index in [2.05, 4.69) is 31.2 Å². The first-order valence-corrected chi connectivity index (χ1v) is 11.5. The summed E-state index contributed by atoms with van der Waals surface area (Å²) in [5.41, 5.74) is 4.09. The molecule has 0 radical (unpaired) electrons. The van der Waals surface area contributed by atoms with Crippen LogP contribution in [0.2, 0.25) is 10.0 Å². The summed E-state index contributed by atoms with van der Waals surface area (Å²) >= 11 is 15.7. The van der Waals surface area contributed by atoms with Crippen LogP contribution in [0.4, 0.5) is 5.69 Å². The standard InChI is InChI=1S/C23H20BrCl2N3O3/c1-2-31-21-9-14(11-27-15-4-6-19-20(10-15)29-23(30)28-19)7-16(24)22(21)32-12-13-3-5-17(25)18(26)8-13/h3-10,27H,2,11-12H2,1H3,(H2,28,29,30). The van der Waals surface area contributed by atoms with Gasteiger partial charge in [-0.25, -0.2) is 4.79 Å². The molecule has 3 N–H and O–H groups in total.